The summed E-state index contributed by atoms with van der Waals surface area (Å²) in [5, 5.41) is 7.00. The number of nitrogens with zero attached hydrogens (tertiary/aromatic N) is 1. The SMILES string of the molecule is C1CCC(CN2CCCCC2)CC1.C=O.CO. The molecule has 1 aliphatic heterocycles. The van der Waals surface area contributed by atoms with Crippen LogP contribution >= 0.6 is 0 Å². The number of hydrogen-bond donors (Lipinski definition) is 1. The van der Waals surface area contributed by atoms with Crippen molar-refractivity contribution in [2.24, 2.45) is 5.92 Å². The third-order valence-corrected chi connectivity index (χ3v) is 3.69. The van der Waals surface area contributed by atoms with E-state index in [0.717, 1.165) is 13.0 Å². The third-order valence-electron chi connectivity index (χ3n) is 3.69. The molecule has 2 fully saturated rings. The van der Waals surface area contributed by atoms with E-state index in [1.807, 2.05) is 6.79 Å². The van der Waals surface area contributed by atoms with E-state index < -0.39 is 0 Å². The van der Waals surface area contributed by atoms with Crippen LogP contribution in [0.25, 0.3) is 0 Å². The van der Waals surface area contributed by atoms with Crippen molar-refractivity contribution >= 4 is 6.79 Å². The van der Waals surface area contributed by atoms with Crippen LogP contribution in [-0.2, 0) is 4.79 Å². The van der Waals surface area contributed by atoms with E-state index in [9.17, 15) is 0 Å². The summed E-state index contributed by atoms with van der Waals surface area (Å²) in [4.78, 5) is 10.7. The fraction of sp³-hybridized carbons (Fsp3) is 0.929. The second kappa shape index (κ2) is 12.1. The highest BCUT2D eigenvalue weighted by Gasteiger charge is 2.18. The van der Waals surface area contributed by atoms with Gasteiger partial charge in [-0.2, -0.15) is 0 Å². The molecule has 1 N–H and O–H groups in total. The zero-order chi connectivity index (χ0) is 12.9. The van der Waals surface area contributed by atoms with Crippen molar-refractivity contribution in [1.82, 2.24) is 4.90 Å². The van der Waals surface area contributed by atoms with E-state index >= 15 is 0 Å². The molecule has 0 radical (unpaired) electrons. The van der Waals surface area contributed by atoms with E-state index in [1.165, 1.54) is 71.0 Å². The van der Waals surface area contributed by atoms with Crippen molar-refractivity contribution in [3.05, 3.63) is 0 Å². The third kappa shape index (κ3) is 7.50. The first-order valence-electron chi connectivity index (χ1n) is 6.91. The maximum atomic E-state index is 8.00. The minimum Gasteiger partial charge on any atom is -0.400 e. The Hall–Kier alpha value is -0.410. The minimum atomic E-state index is 1.00. The molecule has 1 heterocycles. The molecule has 1 aliphatic carbocycles. The van der Waals surface area contributed by atoms with Crippen LogP contribution in [-0.4, -0.2) is 43.5 Å². The molecule has 3 nitrogen and oxygen atoms in total. The molecule has 0 bridgehead atoms. The lowest BCUT2D eigenvalue weighted by Gasteiger charge is -2.32. The van der Waals surface area contributed by atoms with Crippen LogP contribution in [0.15, 0.2) is 0 Å². The van der Waals surface area contributed by atoms with Gasteiger partial charge in [0.15, 0.2) is 0 Å². The lowest BCUT2D eigenvalue weighted by Crippen LogP contribution is -2.34. The van der Waals surface area contributed by atoms with Crippen molar-refractivity contribution in [3.8, 4) is 0 Å². The largest absolute Gasteiger partial charge is 0.400 e. The quantitative estimate of drug-likeness (QED) is 0.810. The summed E-state index contributed by atoms with van der Waals surface area (Å²) in [7, 11) is 1.00. The molecule has 1 saturated carbocycles. The van der Waals surface area contributed by atoms with E-state index in [1.54, 1.807) is 0 Å². The molecule has 3 heteroatoms. The van der Waals surface area contributed by atoms with Crippen molar-refractivity contribution in [2.45, 2.75) is 51.4 Å². The molecular weight excluding hydrogens is 214 g/mol. The van der Waals surface area contributed by atoms with Gasteiger partial charge in [-0.15, -0.1) is 0 Å². The van der Waals surface area contributed by atoms with Crippen molar-refractivity contribution in [2.75, 3.05) is 26.7 Å². The van der Waals surface area contributed by atoms with Gasteiger partial charge in [0.05, 0.1) is 0 Å². The number of carbonyl (C=O) groups is 1. The van der Waals surface area contributed by atoms with Gasteiger partial charge in [0.25, 0.3) is 0 Å². The zero-order valence-electron chi connectivity index (χ0n) is 11.4. The van der Waals surface area contributed by atoms with Crippen LogP contribution in [0, 0.1) is 5.92 Å². The predicted octanol–water partition coefficient (Wildman–Crippen LogP) is 2.48. The van der Waals surface area contributed by atoms with Crippen LogP contribution in [0.5, 0.6) is 0 Å². The Labute approximate surface area is 106 Å². The molecule has 0 aromatic rings. The van der Waals surface area contributed by atoms with E-state index in [0.29, 0.717) is 0 Å². The normalized spacial score (nSPS) is 21.8. The Morgan fingerprint density at radius 3 is 1.94 bits per heavy atom. The summed E-state index contributed by atoms with van der Waals surface area (Å²) in [6.07, 6.45) is 11.9. The molecule has 0 spiro atoms. The van der Waals surface area contributed by atoms with Gasteiger partial charge in [0.1, 0.15) is 6.79 Å². The summed E-state index contributed by atoms with van der Waals surface area (Å²) in [6, 6.07) is 0. The Bertz CT molecular complexity index is 136. The number of likely N-dealkylation sites (tertiary alicyclic amines) is 1. The highest BCUT2D eigenvalue weighted by atomic mass is 16.2. The highest BCUT2D eigenvalue weighted by Crippen LogP contribution is 2.25. The van der Waals surface area contributed by atoms with E-state index in [2.05, 4.69) is 4.90 Å². The average molecular weight is 243 g/mol. The Morgan fingerprint density at radius 2 is 1.41 bits per heavy atom. The molecule has 0 unspecified atom stereocenters. The predicted molar refractivity (Wildman–Crippen MR) is 72.1 cm³/mol. The lowest BCUT2D eigenvalue weighted by molar-refractivity contribution is -0.0979. The maximum Gasteiger partial charge on any atom is 0.106 e. The standard InChI is InChI=1S/C12H23N.CH4O.CH2O/c1-3-7-12(8-4-1)11-13-9-5-2-6-10-13;2*1-2/h12H,1-11H2;2H,1H3;1H2. The molecule has 102 valence electrons. The Balaban J connectivity index is 0.000000581. The fourth-order valence-corrected chi connectivity index (χ4v) is 2.88. The van der Waals surface area contributed by atoms with Crippen LogP contribution in [0.4, 0.5) is 0 Å². The van der Waals surface area contributed by atoms with E-state index in [-0.39, 0.29) is 0 Å². The van der Waals surface area contributed by atoms with Crippen molar-refractivity contribution in [1.29, 1.82) is 0 Å². The first kappa shape index (κ1) is 16.6. The maximum absolute atomic E-state index is 8.00. The molecule has 0 atom stereocenters. The highest BCUT2D eigenvalue weighted by molar-refractivity contribution is 5.10. The van der Waals surface area contributed by atoms with Gasteiger partial charge in [0.2, 0.25) is 0 Å². The summed E-state index contributed by atoms with van der Waals surface area (Å²) in [5.74, 6) is 1.05. The van der Waals surface area contributed by atoms with Gasteiger partial charge in [-0.25, -0.2) is 0 Å². The number of aliphatic hydroxyl groups is 1. The van der Waals surface area contributed by atoms with Gasteiger partial charge < -0.3 is 14.8 Å². The average Bonchev–Trinajstić information content (AvgIpc) is 2.45. The van der Waals surface area contributed by atoms with Gasteiger partial charge in [0, 0.05) is 13.7 Å². The van der Waals surface area contributed by atoms with Crippen LogP contribution in [0.2, 0.25) is 0 Å². The van der Waals surface area contributed by atoms with Gasteiger partial charge in [-0.3, -0.25) is 0 Å². The van der Waals surface area contributed by atoms with Gasteiger partial charge in [-0.1, -0.05) is 25.7 Å². The first-order chi connectivity index (χ1) is 8.45. The number of aliphatic hydroxyl groups excluding tert-OH is 1. The topological polar surface area (TPSA) is 40.5 Å². The van der Waals surface area contributed by atoms with Crippen molar-refractivity contribution < 1.29 is 9.90 Å². The number of carbonyl (C=O) groups excluding carboxylic acids is 1. The fourth-order valence-electron chi connectivity index (χ4n) is 2.88. The van der Waals surface area contributed by atoms with Crippen molar-refractivity contribution in [3.63, 3.8) is 0 Å². The van der Waals surface area contributed by atoms with Crippen LogP contribution in [0.3, 0.4) is 0 Å². The number of hydrogen-bond acceptors (Lipinski definition) is 3. The van der Waals surface area contributed by atoms with Gasteiger partial charge >= 0.3 is 0 Å². The molecule has 0 amide bonds. The first-order valence-corrected chi connectivity index (χ1v) is 6.91. The Morgan fingerprint density at radius 1 is 0.941 bits per heavy atom. The second-order valence-electron chi connectivity index (χ2n) is 4.87. The summed E-state index contributed by atoms with van der Waals surface area (Å²) >= 11 is 0. The molecule has 2 aliphatic rings. The summed E-state index contributed by atoms with van der Waals surface area (Å²) in [5.41, 5.74) is 0. The molecule has 0 aromatic carbocycles. The molecule has 0 aromatic heterocycles. The van der Waals surface area contributed by atoms with Crippen LogP contribution < -0.4 is 0 Å². The number of rotatable bonds is 2. The minimum absolute atomic E-state index is 1.00. The van der Waals surface area contributed by atoms with E-state index in [4.69, 9.17) is 9.90 Å². The second-order valence-corrected chi connectivity index (χ2v) is 4.87. The number of piperidine rings is 1. The Kier molecular flexibility index (Phi) is 11.8. The molecular formula is C14H29NO2. The molecule has 1 saturated heterocycles. The smallest absolute Gasteiger partial charge is 0.106 e. The summed E-state index contributed by atoms with van der Waals surface area (Å²) < 4.78 is 0. The lowest BCUT2D eigenvalue weighted by atomic mass is 9.88. The summed E-state index contributed by atoms with van der Waals surface area (Å²) in [6.45, 7) is 6.19. The zero-order valence-corrected chi connectivity index (χ0v) is 11.4. The van der Waals surface area contributed by atoms with Gasteiger partial charge in [-0.05, 0) is 44.7 Å². The molecule has 2 rings (SSSR count). The molecule has 17 heavy (non-hydrogen) atoms. The van der Waals surface area contributed by atoms with Crippen LogP contribution in [0.1, 0.15) is 51.4 Å². The monoisotopic (exact) mass is 243 g/mol.